The predicted octanol–water partition coefficient (Wildman–Crippen LogP) is 1.76. The van der Waals surface area contributed by atoms with E-state index in [1.807, 2.05) is 24.7 Å². The molecule has 0 bridgehead atoms. The molecule has 1 saturated heterocycles. The van der Waals surface area contributed by atoms with Gasteiger partial charge in [-0.15, -0.1) is 12.4 Å². The second-order valence-corrected chi connectivity index (χ2v) is 6.23. The van der Waals surface area contributed by atoms with Crippen LogP contribution in [0.1, 0.15) is 56.1 Å². The molecular weight excluding hydrogens is 316 g/mol. The van der Waals surface area contributed by atoms with Crippen molar-refractivity contribution >= 4 is 18.3 Å². The van der Waals surface area contributed by atoms with Crippen molar-refractivity contribution in [3.05, 3.63) is 18.0 Å². The first-order valence-corrected chi connectivity index (χ1v) is 8.29. The quantitative estimate of drug-likeness (QED) is 0.704. The van der Waals surface area contributed by atoms with Gasteiger partial charge in [-0.1, -0.05) is 13.8 Å². The number of carbonyl (C=O) groups is 1. The third kappa shape index (κ3) is 4.93. The molecule has 3 N–H and O–H groups in total. The molecule has 1 amide bonds. The van der Waals surface area contributed by atoms with Gasteiger partial charge in [-0.2, -0.15) is 5.10 Å². The minimum atomic E-state index is -0.231. The van der Waals surface area contributed by atoms with Gasteiger partial charge in [-0.05, 0) is 38.3 Å². The van der Waals surface area contributed by atoms with E-state index < -0.39 is 0 Å². The van der Waals surface area contributed by atoms with Crippen LogP contribution in [0.5, 0.6) is 0 Å². The molecular formula is C16H29ClN4O2. The lowest BCUT2D eigenvalue weighted by molar-refractivity contribution is 0.0845. The molecule has 23 heavy (non-hydrogen) atoms. The van der Waals surface area contributed by atoms with Gasteiger partial charge in [0.2, 0.25) is 0 Å². The summed E-state index contributed by atoms with van der Waals surface area (Å²) in [6.07, 6.45) is 5.78. The molecule has 1 aromatic heterocycles. The van der Waals surface area contributed by atoms with Crippen LogP contribution in [0.4, 0.5) is 0 Å². The van der Waals surface area contributed by atoms with Crippen molar-refractivity contribution in [3.63, 3.8) is 0 Å². The Morgan fingerprint density at radius 2 is 2.26 bits per heavy atom. The van der Waals surface area contributed by atoms with Gasteiger partial charge in [-0.25, -0.2) is 0 Å². The Morgan fingerprint density at radius 3 is 2.83 bits per heavy atom. The molecule has 132 valence electrons. The maximum Gasteiger partial charge on any atom is 0.271 e. The maximum absolute atomic E-state index is 12.3. The highest BCUT2D eigenvalue weighted by molar-refractivity contribution is 5.92. The van der Waals surface area contributed by atoms with Crippen LogP contribution in [0.25, 0.3) is 0 Å². The summed E-state index contributed by atoms with van der Waals surface area (Å²) in [5, 5.41) is 20.2. The average molecular weight is 345 g/mol. The molecule has 1 aromatic rings. The molecule has 0 aliphatic carbocycles. The van der Waals surface area contributed by atoms with E-state index in [1.165, 1.54) is 0 Å². The Bertz CT molecular complexity index is 474. The van der Waals surface area contributed by atoms with Crippen molar-refractivity contribution in [3.8, 4) is 0 Å². The second kappa shape index (κ2) is 9.25. The molecule has 2 heterocycles. The summed E-state index contributed by atoms with van der Waals surface area (Å²) in [4.78, 5) is 12.3. The first kappa shape index (κ1) is 19.9. The van der Waals surface area contributed by atoms with E-state index in [9.17, 15) is 9.90 Å². The molecule has 0 spiro atoms. The molecule has 0 aromatic carbocycles. The smallest absolute Gasteiger partial charge is 0.271 e. The van der Waals surface area contributed by atoms with Crippen LogP contribution in [0.2, 0.25) is 0 Å². The molecule has 1 unspecified atom stereocenters. The fraction of sp³-hybridized carbons (Fsp3) is 0.750. The van der Waals surface area contributed by atoms with E-state index in [0.29, 0.717) is 18.3 Å². The number of aliphatic hydroxyl groups is 1. The fourth-order valence-corrected chi connectivity index (χ4v) is 2.86. The van der Waals surface area contributed by atoms with Crippen molar-refractivity contribution < 1.29 is 9.90 Å². The number of aromatic nitrogens is 2. The Morgan fingerprint density at radius 1 is 1.52 bits per heavy atom. The monoisotopic (exact) mass is 344 g/mol. The lowest BCUT2D eigenvalue weighted by atomic mass is 9.83. The topological polar surface area (TPSA) is 79.2 Å². The first-order chi connectivity index (χ1) is 10.6. The summed E-state index contributed by atoms with van der Waals surface area (Å²) in [6, 6.07) is 2.10. The normalized spacial score (nSPS) is 18.3. The standard InChI is InChI=1S/C16H28N4O2.ClH/c1-3-16(4-2,12-21)11-18-15(22)14-7-9-20(19-14)13-6-5-8-17-10-13;/h7,9,13,17,21H,3-6,8,10-12H2,1-2H3,(H,18,22);1H. The Balaban J connectivity index is 0.00000264. The first-order valence-electron chi connectivity index (χ1n) is 8.29. The summed E-state index contributed by atoms with van der Waals surface area (Å²) >= 11 is 0. The van der Waals surface area contributed by atoms with Crippen molar-refractivity contribution in [2.75, 3.05) is 26.2 Å². The third-order valence-corrected chi connectivity index (χ3v) is 4.95. The molecule has 1 aliphatic heterocycles. The number of hydrogen-bond acceptors (Lipinski definition) is 4. The van der Waals surface area contributed by atoms with Crippen LogP contribution in [-0.4, -0.2) is 47.0 Å². The number of nitrogens with one attached hydrogen (secondary N) is 2. The minimum Gasteiger partial charge on any atom is -0.396 e. The predicted molar refractivity (Wildman–Crippen MR) is 93.0 cm³/mol. The average Bonchev–Trinajstić information content (AvgIpc) is 3.07. The zero-order valence-electron chi connectivity index (χ0n) is 14.0. The summed E-state index contributed by atoms with van der Waals surface area (Å²) < 4.78 is 1.89. The minimum absolute atomic E-state index is 0. The van der Waals surface area contributed by atoms with Crippen LogP contribution in [-0.2, 0) is 0 Å². The number of piperidine rings is 1. The maximum atomic E-state index is 12.3. The van der Waals surface area contributed by atoms with Crippen LogP contribution in [0, 0.1) is 5.41 Å². The van der Waals surface area contributed by atoms with Gasteiger partial charge >= 0.3 is 0 Å². The van der Waals surface area contributed by atoms with Crippen molar-refractivity contribution in [2.24, 2.45) is 5.41 Å². The molecule has 0 saturated carbocycles. The zero-order chi connectivity index (χ0) is 16.0. The van der Waals surface area contributed by atoms with Gasteiger partial charge < -0.3 is 15.7 Å². The van der Waals surface area contributed by atoms with Crippen LogP contribution in [0.15, 0.2) is 12.3 Å². The number of nitrogens with zero attached hydrogens (tertiary/aromatic N) is 2. The Hall–Kier alpha value is -1.11. The van der Waals surface area contributed by atoms with Gasteiger partial charge in [-0.3, -0.25) is 9.48 Å². The summed E-state index contributed by atoms with van der Waals surface area (Å²) in [5.74, 6) is -0.165. The molecule has 1 atom stereocenters. The third-order valence-electron chi connectivity index (χ3n) is 4.95. The Kier molecular flexibility index (Phi) is 8.02. The molecule has 0 radical (unpaired) electrons. The highest BCUT2D eigenvalue weighted by atomic mass is 35.5. The van der Waals surface area contributed by atoms with Gasteiger partial charge in [0.15, 0.2) is 0 Å². The highest BCUT2D eigenvalue weighted by Gasteiger charge is 2.26. The number of halogens is 1. The summed E-state index contributed by atoms with van der Waals surface area (Å²) in [7, 11) is 0. The number of amides is 1. The number of rotatable bonds is 7. The van der Waals surface area contributed by atoms with Gasteiger partial charge in [0.1, 0.15) is 5.69 Å². The van der Waals surface area contributed by atoms with Crippen LogP contribution >= 0.6 is 12.4 Å². The second-order valence-electron chi connectivity index (χ2n) is 6.23. The number of aliphatic hydroxyl groups excluding tert-OH is 1. The number of hydrogen-bond donors (Lipinski definition) is 3. The fourth-order valence-electron chi connectivity index (χ4n) is 2.86. The summed E-state index contributed by atoms with van der Waals surface area (Å²) in [5.41, 5.74) is 0.218. The zero-order valence-corrected chi connectivity index (χ0v) is 14.9. The van der Waals surface area contributed by atoms with E-state index in [0.717, 1.165) is 38.8 Å². The molecule has 1 fully saturated rings. The van der Waals surface area contributed by atoms with Crippen LogP contribution < -0.4 is 10.6 Å². The van der Waals surface area contributed by atoms with Gasteiger partial charge in [0.25, 0.3) is 5.91 Å². The van der Waals surface area contributed by atoms with Crippen molar-refractivity contribution in [1.82, 2.24) is 20.4 Å². The molecule has 6 nitrogen and oxygen atoms in total. The lowest BCUT2D eigenvalue weighted by Crippen LogP contribution is -2.39. The van der Waals surface area contributed by atoms with E-state index in [2.05, 4.69) is 15.7 Å². The Labute approximate surface area is 144 Å². The largest absolute Gasteiger partial charge is 0.396 e. The molecule has 1 aliphatic rings. The van der Waals surface area contributed by atoms with Crippen molar-refractivity contribution in [2.45, 2.75) is 45.6 Å². The molecule has 2 rings (SSSR count). The van der Waals surface area contributed by atoms with Gasteiger partial charge in [0.05, 0.1) is 12.6 Å². The van der Waals surface area contributed by atoms with E-state index in [-0.39, 0.29) is 30.3 Å². The van der Waals surface area contributed by atoms with Gasteiger partial charge in [0, 0.05) is 24.7 Å². The lowest BCUT2D eigenvalue weighted by Gasteiger charge is -2.29. The van der Waals surface area contributed by atoms with Crippen molar-refractivity contribution in [1.29, 1.82) is 0 Å². The SMILES string of the molecule is CCC(CC)(CO)CNC(=O)c1ccn(C2CCCNC2)n1.Cl. The van der Waals surface area contributed by atoms with Crippen LogP contribution in [0.3, 0.4) is 0 Å². The highest BCUT2D eigenvalue weighted by Crippen LogP contribution is 2.24. The summed E-state index contributed by atoms with van der Waals surface area (Å²) in [6.45, 7) is 6.60. The number of carbonyl (C=O) groups excluding carboxylic acids is 1. The van der Waals surface area contributed by atoms with E-state index >= 15 is 0 Å². The van der Waals surface area contributed by atoms with E-state index in [4.69, 9.17) is 0 Å². The molecule has 7 heteroatoms. The van der Waals surface area contributed by atoms with E-state index in [1.54, 1.807) is 6.07 Å².